The van der Waals surface area contributed by atoms with Crippen molar-refractivity contribution in [2.45, 2.75) is 32.1 Å². The summed E-state index contributed by atoms with van der Waals surface area (Å²) < 4.78 is 10.4. The number of methoxy groups -OCH3 is 2. The number of nitrogens with zero attached hydrogens (tertiary/aromatic N) is 1. The number of benzene rings is 1. The van der Waals surface area contributed by atoms with Gasteiger partial charge < -0.3 is 20.1 Å². The molecule has 6 heteroatoms. The topological polar surface area (TPSA) is 72.5 Å². The molecule has 6 nitrogen and oxygen atoms in total. The maximum Gasteiger partial charge on any atom is 0.255 e. The standard InChI is InChI=1S/C22H27N3O3/c1-27-19-12-17(13-20(14-19)28-2)22(26)25-18-8-9-21(24-15-18)23-11-10-16-6-4-3-5-7-16/h6,8-9,12-15H,3-5,7,10-11H2,1-2H3,(H,23,24)(H,25,26). The molecule has 0 saturated heterocycles. The van der Waals surface area contributed by atoms with Crippen molar-refractivity contribution in [2.24, 2.45) is 0 Å². The molecule has 1 heterocycles. The first-order valence-electron chi connectivity index (χ1n) is 9.60. The molecule has 3 rings (SSSR count). The molecule has 0 fully saturated rings. The number of aromatic nitrogens is 1. The monoisotopic (exact) mass is 381 g/mol. The van der Waals surface area contributed by atoms with E-state index in [-0.39, 0.29) is 5.91 Å². The molecule has 1 amide bonds. The average Bonchev–Trinajstić information content (AvgIpc) is 2.75. The van der Waals surface area contributed by atoms with Gasteiger partial charge in [0.1, 0.15) is 17.3 Å². The van der Waals surface area contributed by atoms with Crippen LogP contribution < -0.4 is 20.1 Å². The summed E-state index contributed by atoms with van der Waals surface area (Å²) in [5, 5.41) is 6.18. The Hall–Kier alpha value is -3.02. The largest absolute Gasteiger partial charge is 0.497 e. The highest BCUT2D eigenvalue weighted by molar-refractivity contribution is 6.04. The van der Waals surface area contributed by atoms with Crippen molar-refractivity contribution >= 4 is 17.4 Å². The van der Waals surface area contributed by atoms with Crippen LogP contribution in [0.4, 0.5) is 11.5 Å². The number of hydrogen-bond acceptors (Lipinski definition) is 5. The SMILES string of the molecule is COc1cc(OC)cc(C(=O)Nc2ccc(NCCC3=CCCCC3)nc2)c1. The third-order valence-corrected chi connectivity index (χ3v) is 4.77. The molecule has 0 aliphatic heterocycles. The number of pyridine rings is 1. The van der Waals surface area contributed by atoms with Gasteiger partial charge in [-0.1, -0.05) is 11.6 Å². The Balaban J connectivity index is 1.55. The first kappa shape index (κ1) is 19.7. The minimum atomic E-state index is -0.246. The highest BCUT2D eigenvalue weighted by atomic mass is 16.5. The van der Waals surface area contributed by atoms with E-state index < -0.39 is 0 Å². The van der Waals surface area contributed by atoms with Gasteiger partial charge in [0.15, 0.2) is 0 Å². The maximum absolute atomic E-state index is 12.5. The molecule has 148 valence electrons. The van der Waals surface area contributed by atoms with Crippen LogP contribution in [0.25, 0.3) is 0 Å². The second-order valence-electron chi connectivity index (χ2n) is 6.77. The summed E-state index contributed by atoms with van der Waals surface area (Å²) in [5.74, 6) is 1.69. The summed E-state index contributed by atoms with van der Waals surface area (Å²) in [5.41, 5.74) is 2.63. The second kappa shape index (κ2) is 9.78. The molecular weight excluding hydrogens is 354 g/mol. The fourth-order valence-corrected chi connectivity index (χ4v) is 3.20. The third kappa shape index (κ3) is 5.49. The van der Waals surface area contributed by atoms with Crippen molar-refractivity contribution in [1.29, 1.82) is 0 Å². The zero-order valence-corrected chi connectivity index (χ0v) is 16.5. The maximum atomic E-state index is 12.5. The molecule has 2 N–H and O–H groups in total. The predicted octanol–water partition coefficient (Wildman–Crippen LogP) is 4.65. The van der Waals surface area contributed by atoms with Crippen molar-refractivity contribution in [1.82, 2.24) is 4.98 Å². The van der Waals surface area contributed by atoms with Crippen molar-refractivity contribution in [2.75, 3.05) is 31.4 Å². The fraction of sp³-hybridized carbons (Fsp3) is 0.364. The lowest BCUT2D eigenvalue weighted by atomic mass is 9.97. The van der Waals surface area contributed by atoms with Crippen LogP contribution in [0.1, 0.15) is 42.5 Å². The quantitative estimate of drug-likeness (QED) is 0.651. The molecule has 1 aliphatic rings. The lowest BCUT2D eigenvalue weighted by Crippen LogP contribution is -2.13. The van der Waals surface area contributed by atoms with Gasteiger partial charge in [-0.15, -0.1) is 0 Å². The smallest absolute Gasteiger partial charge is 0.255 e. The summed E-state index contributed by atoms with van der Waals surface area (Å²) >= 11 is 0. The number of anilines is 2. The molecule has 0 atom stereocenters. The number of allylic oxidation sites excluding steroid dienone is 1. The average molecular weight is 381 g/mol. The van der Waals surface area contributed by atoms with Crippen LogP contribution >= 0.6 is 0 Å². The highest BCUT2D eigenvalue weighted by Gasteiger charge is 2.11. The molecule has 1 aromatic heterocycles. The number of rotatable bonds is 8. The number of nitrogens with one attached hydrogen (secondary N) is 2. The number of hydrogen-bond donors (Lipinski definition) is 2. The zero-order valence-electron chi connectivity index (χ0n) is 16.5. The van der Waals surface area contributed by atoms with E-state index in [0.29, 0.717) is 22.7 Å². The van der Waals surface area contributed by atoms with Crippen molar-refractivity contribution in [3.63, 3.8) is 0 Å². The van der Waals surface area contributed by atoms with E-state index in [0.717, 1.165) is 18.8 Å². The summed E-state index contributed by atoms with van der Waals surface area (Å²) in [6.07, 6.45) is 10.1. The Morgan fingerprint density at radius 3 is 2.50 bits per heavy atom. The summed E-state index contributed by atoms with van der Waals surface area (Å²) in [6, 6.07) is 8.77. The molecule has 0 spiro atoms. The number of carbonyl (C=O) groups is 1. The van der Waals surface area contributed by atoms with Crippen LogP contribution in [0.15, 0.2) is 48.2 Å². The normalized spacial score (nSPS) is 13.4. The van der Waals surface area contributed by atoms with Gasteiger partial charge in [0.2, 0.25) is 0 Å². The molecule has 0 radical (unpaired) electrons. The first-order chi connectivity index (χ1) is 13.7. The van der Waals surface area contributed by atoms with Crippen molar-refractivity contribution in [3.8, 4) is 11.5 Å². The molecule has 0 unspecified atom stereocenters. The molecule has 2 aromatic rings. The van der Waals surface area contributed by atoms with Crippen LogP contribution in [0.5, 0.6) is 11.5 Å². The van der Waals surface area contributed by atoms with Gasteiger partial charge in [0.25, 0.3) is 5.91 Å². The Morgan fingerprint density at radius 1 is 1.11 bits per heavy atom. The van der Waals surface area contributed by atoms with Crippen LogP contribution in [0, 0.1) is 0 Å². The van der Waals surface area contributed by atoms with Gasteiger partial charge in [-0.05, 0) is 56.4 Å². The third-order valence-electron chi connectivity index (χ3n) is 4.77. The number of carbonyl (C=O) groups excluding carboxylic acids is 1. The summed E-state index contributed by atoms with van der Waals surface area (Å²) in [4.78, 5) is 16.9. The Labute approximate surface area is 166 Å². The van der Waals surface area contributed by atoms with E-state index in [9.17, 15) is 4.79 Å². The highest BCUT2D eigenvalue weighted by Crippen LogP contribution is 2.23. The van der Waals surface area contributed by atoms with Gasteiger partial charge in [-0.2, -0.15) is 0 Å². The fourth-order valence-electron chi connectivity index (χ4n) is 3.20. The molecule has 0 saturated carbocycles. The van der Waals surface area contributed by atoms with Gasteiger partial charge in [-0.3, -0.25) is 4.79 Å². The first-order valence-corrected chi connectivity index (χ1v) is 9.60. The van der Waals surface area contributed by atoms with E-state index >= 15 is 0 Å². The lowest BCUT2D eigenvalue weighted by Gasteiger charge is -2.13. The molecule has 0 bridgehead atoms. The van der Waals surface area contributed by atoms with Gasteiger partial charge in [0.05, 0.1) is 26.1 Å². The van der Waals surface area contributed by atoms with Gasteiger partial charge in [0, 0.05) is 18.2 Å². The van der Waals surface area contributed by atoms with Crippen LogP contribution in [-0.4, -0.2) is 31.7 Å². The van der Waals surface area contributed by atoms with E-state index in [4.69, 9.17) is 9.47 Å². The van der Waals surface area contributed by atoms with Crippen molar-refractivity contribution < 1.29 is 14.3 Å². The zero-order chi connectivity index (χ0) is 19.8. The summed E-state index contributed by atoms with van der Waals surface area (Å²) in [7, 11) is 3.10. The molecular formula is C22H27N3O3. The predicted molar refractivity (Wildman–Crippen MR) is 111 cm³/mol. The summed E-state index contributed by atoms with van der Waals surface area (Å²) in [6.45, 7) is 0.869. The minimum Gasteiger partial charge on any atom is -0.497 e. The molecule has 1 aliphatic carbocycles. The van der Waals surface area contributed by atoms with Crippen molar-refractivity contribution in [3.05, 3.63) is 53.7 Å². The van der Waals surface area contributed by atoms with E-state index in [1.165, 1.54) is 31.3 Å². The minimum absolute atomic E-state index is 0.246. The number of amides is 1. The lowest BCUT2D eigenvalue weighted by molar-refractivity contribution is 0.102. The van der Waals surface area contributed by atoms with Crippen LogP contribution in [-0.2, 0) is 0 Å². The Bertz CT molecular complexity index is 809. The molecule has 28 heavy (non-hydrogen) atoms. The Kier molecular flexibility index (Phi) is 6.89. The second-order valence-corrected chi connectivity index (χ2v) is 6.77. The molecule has 1 aromatic carbocycles. The van der Waals surface area contributed by atoms with E-state index in [1.54, 1.807) is 38.6 Å². The van der Waals surface area contributed by atoms with E-state index in [1.807, 2.05) is 12.1 Å². The number of ether oxygens (including phenoxy) is 2. The van der Waals surface area contributed by atoms with Crippen LogP contribution in [0.3, 0.4) is 0 Å². The van der Waals surface area contributed by atoms with Crippen LogP contribution in [0.2, 0.25) is 0 Å². The van der Waals surface area contributed by atoms with Gasteiger partial charge >= 0.3 is 0 Å². The Morgan fingerprint density at radius 2 is 1.89 bits per heavy atom. The van der Waals surface area contributed by atoms with E-state index in [2.05, 4.69) is 21.7 Å². The van der Waals surface area contributed by atoms with Gasteiger partial charge in [-0.25, -0.2) is 4.98 Å².